The first-order chi connectivity index (χ1) is 22.0. The normalized spacial score (nSPS) is 12.3. The van der Waals surface area contributed by atoms with E-state index in [4.69, 9.17) is 4.74 Å². The van der Waals surface area contributed by atoms with Crippen molar-refractivity contribution in [1.82, 2.24) is 9.13 Å². The van der Waals surface area contributed by atoms with Crippen LogP contribution < -0.4 is 4.74 Å². The number of aliphatic hydroxyl groups is 1. The van der Waals surface area contributed by atoms with E-state index < -0.39 is 6.29 Å². The van der Waals surface area contributed by atoms with Crippen molar-refractivity contribution in [1.29, 1.82) is 0 Å². The molecule has 6 aromatic carbocycles. The highest BCUT2D eigenvalue weighted by atomic mass is 16.6. The molecule has 1 atom stereocenters. The number of hydrogen-bond donors (Lipinski definition) is 1. The molecule has 0 aliphatic carbocycles. The third-order valence-electron chi connectivity index (χ3n) is 8.91. The van der Waals surface area contributed by atoms with E-state index >= 15 is 0 Å². The van der Waals surface area contributed by atoms with Crippen LogP contribution in [0.1, 0.15) is 11.1 Å². The number of aryl methyl sites for hydroxylation is 2. The van der Waals surface area contributed by atoms with Gasteiger partial charge in [-0.2, -0.15) is 0 Å². The van der Waals surface area contributed by atoms with Crippen LogP contribution in [0.2, 0.25) is 0 Å². The zero-order chi connectivity index (χ0) is 30.7. The number of fused-ring (bicyclic) bond motifs is 6. The van der Waals surface area contributed by atoms with Gasteiger partial charge in [0.2, 0.25) is 6.29 Å². The Morgan fingerprint density at radius 2 is 1.00 bits per heavy atom. The van der Waals surface area contributed by atoms with E-state index in [1.54, 1.807) is 0 Å². The van der Waals surface area contributed by atoms with E-state index in [0.29, 0.717) is 5.75 Å². The fourth-order valence-electron chi connectivity index (χ4n) is 6.87. The standard InChI is InChI=1S/C41H32N2O2/c1-4-41(44)45-30-19-22-40-36(25-30)35-13-7-10-16-39(35)43(40)29-18-21-32(27(3)24-29)31-20-17-28(23-26(31)2)42-37-14-8-5-11-33(37)34-12-6-9-15-38(34)42/h4-25,41,44H,1H2,2-3H3. The Kier molecular flexibility index (Phi) is 6.33. The summed E-state index contributed by atoms with van der Waals surface area (Å²) in [4.78, 5) is 0. The highest BCUT2D eigenvalue weighted by molar-refractivity contribution is 6.10. The number of rotatable bonds is 6. The molecule has 2 heterocycles. The molecule has 2 aromatic heterocycles. The molecule has 0 aliphatic heterocycles. The van der Waals surface area contributed by atoms with Crippen molar-refractivity contribution in [2.75, 3.05) is 0 Å². The van der Waals surface area contributed by atoms with Crippen LogP contribution in [0.25, 0.3) is 66.1 Å². The highest BCUT2D eigenvalue weighted by Gasteiger charge is 2.16. The van der Waals surface area contributed by atoms with Gasteiger partial charge in [0.25, 0.3) is 0 Å². The quantitative estimate of drug-likeness (QED) is 0.156. The van der Waals surface area contributed by atoms with Crippen LogP contribution in [0, 0.1) is 13.8 Å². The second-order valence-corrected chi connectivity index (χ2v) is 11.6. The first kappa shape index (κ1) is 27.0. The number of aliphatic hydroxyl groups excluding tert-OH is 1. The van der Waals surface area contributed by atoms with Crippen LogP contribution in [0.5, 0.6) is 5.75 Å². The van der Waals surface area contributed by atoms with E-state index in [9.17, 15) is 5.11 Å². The van der Waals surface area contributed by atoms with Gasteiger partial charge in [0.15, 0.2) is 0 Å². The Morgan fingerprint density at radius 1 is 0.556 bits per heavy atom. The molecule has 8 rings (SSSR count). The predicted molar refractivity (Wildman–Crippen MR) is 187 cm³/mol. The summed E-state index contributed by atoms with van der Waals surface area (Å²) in [6.07, 6.45) is 0.322. The van der Waals surface area contributed by atoms with Gasteiger partial charge in [0.1, 0.15) is 5.75 Å². The lowest BCUT2D eigenvalue weighted by Gasteiger charge is -2.16. The van der Waals surface area contributed by atoms with E-state index in [1.165, 1.54) is 50.1 Å². The first-order valence-electron chi connectivity index (χ1n) is 15.2. The lowest BCUT2D eigenvalue weighted by Crippen LogP contribution is -2.10. The molecule has 1 unspecified atom stereocenters. The van der Waals surface area contributed by atoms with Crippen molar-refractivity contribution in [3.63, 3.8) is 0 Å². The summed E-state index contributed by atoms with van der Waals surface area (Å²) >= 11 is 0. The summed E-state index contributed by atoms with van der Waals surface area (Å²) in [7, 11) is 0. The number of hydrogen-bond acceptors (Lipinski definition) is 2. The zero-order valence-electron chi connectivity index (χ0n) is 25.2. The fourth-order valence-corrected chi connectivity index (χ4v) is 6.87. The third-order valence-corrected chi connectivity index (χ3v) is 8.91. The second kappa shape index (κ2) is 10.5. The van der Waals surface area contributed by atoms with Crippen molar-refractivity contribution in [2.45, 2.75) is 20.1 Å². The molecule has 0 saturated carbocycles. The molecule has 0 fully saturated rings. The van der Waals surface area contributed by atoms with Gasteiger partial charge in [-0.1, -0.05) is 73.3 Å². The van der Waals surface area contributed by atoms with Crippen molar-refractivity contribution in [2.24, 2.45) is 0 Å². The molecule has 0 amide bonds. The van der Waals surface area contributed by atoms with Gasteiger partial charge in [-0.3, -0.25) is 0 Å². The molecular weight excluding hydrogens is 552 g/mol. The molecule has 1 N–H and O–H groups in total. The number of ether oxygens (including phenoxy) is 1. The van der Waals surface area contributed by atoms with Gasteiger partial charge in [-0.05, 0) is 103 Å². The topological polar surface area (TPSA) is 39.3 Å². The predicted octanol–water partition coefficient (Wildman–Crippen LogP) is 10.0. The summed E-state index contributed by atoms with van der Waals surface area (Å²) in [5, 5.41) is 14.7. The molecule has 45 heavy (non-hydrogen) atoms. The minimum atomic E-state index is -1.05. The maximum Gasteiger partial charge on any atom is 0.216 e. The molecule has 0 radical (unpaired) electrons. The van der Waals surface area contributed by atoms with Crippen LogP contribution in [0.4, 0.5) is 0 Å². The van der Waals surface area contributed by atoms with Crippen molar-refractivity contribution in [3.8, 4) is 28.3 Å². The molecule has 4 nitrogen and oxygen atoms in total. The van der Waals surface area contributed by atoms with Gasteiger partial charge >= 0.3 is 0 Å². The summed E-state index contributed by atoms with van der Waals surface area (Å²) in [6, 6.07) is 45.1. The van der Waals surface area contributed by atoms with Gasteiger partial charge in [0, 0.05) is 32.9 Å². The van der Waals surface area contributed by atoms with Crippen LogP contribution in [-0.2, 0) is 0 Å². The Bertz CT molecular complexity index is 2370. The third kappa shape index (κ3) is 4.34. The fraction of sp³-hybridized carbons (Fsp3) is 0.0732. The van der Waals surface area contributed by atoms with Crippen molar-refractivity contribution in [3.05, 3.63) is 151 Å². The van der Waals surface area contributed by atoms with E-state index in [-0.39, 0.29) is 0 Å². The van der Waals surface area contributed by atoms with Crippen LogP contribution in [-0.4, -0.2) is 20.5 Å². The first-order valence-corrected chi connectivity index (χ1v) is 15.2. The second-order valence-electron chi connectivity index (χ2n) is 11.6. The maximum absolute atomic E-state index is 9.95. The minimum Gasteiger partial charge on any atom is -0.461 e. The minimum absolute atomic E-state index is 0.601. The lowest BCUT2D eigenvalue weighted by molar-refractivity contribution is 0.0252. The summed E-state index contributed by atoms with van der Waals surface area (Å²) in [5.74, 6) is 0.601. The molecule has 218 valence electrons. The van der Waals surface area contributed by atoms with E-state index in [1.807, 2.05) is 12.1 Å². The van der Waals surface area contributed by atoms with Crippen molar-refractivity contribution >= 4 is 43.6 Å². The summed E-state index contributed by atoms with van der Waals surface area (Å²) in [6.45, 7) is 8.01. The Hall–Kier alpha value is -5.58. The molecular formula is C41H32N2O2. The maximum atomic E-state index is 9.95. The largest absolute Gasteiger partial charge is 0.461 e. The molecule has 0 spiro atoms. The summed E-state index contributed by atoms with van der Waals surface area (Å²) in [5.41, 5.74) is 11.8. The SMILES string of the molecule is C=CC(O)Oc1ccc2c(c1)c1ccccc1n2-c1ccc(-c2ccc(-n3c4ccccc4c4ccccc43)cc2C)c(C)c1. The average molecular weight is 585 g/mol. The molecule has 0 aliphatic rings. The Labute approximate surface area is 261 Å². The Morgan fingerprint density at radius 3 is 1.47 bits per heavy atom. The molecule has 0 bridgehead atoms. The van der Waals surface area contributed by atoms with Crippen LogP contribution in [0.15, 0.2) is 140 Å². The van der Waals surface area contributed by atoms with E-state index in [0.717, 1.165) is 33.2 Å². The van der Waals surface area contributed by atoms with Gasteiger partial charge in [-0.25, -0.2) is 0 Å². The number of benzene rings is 6. The van der Waals surface area contributed by atoms with Gasteiger partial charge in [-0.15, -0.1) is 0 Å². The molecule has 4 heteroatoms. The number of para-hydroxylation sites is 3. The van der Waals surface area contributed by atoms with Crippen LogP contribution >= 0.6 is 0 Å². The van der Waals surface area contributed by atoms with Crippen molar-refractivity contribution < 1.29 is 9.84 Å². The smallest absolute Gasteiger partial charge is 0.216 e. The van der Waals surface area contributed by atoms with E-state index in [2.05, 4.69) is 145 Å². The number of aromatic nitrogens is 2. The average Bonchev–Trinajstić information content (AvgIpc) is 3.58. The Balaban J connectivity index is 1.21. The molecule has 8 aromatic rings. The van der Waals surface area contributed by atoms with Gasteiger partial charge < -0.3 is 19.0 Å². The number of nitrogens with zero attached hydrogens (tertiary/aromatic N) is 2. The monoisotopic (exact) mass is 584 g/mol. The highest BCUT2D eigenvalue weighted by Crippen LogP contribution is 2.37. The van der Waals surface area contributed by atoms with Crippen LogP contribution in [0.3, 0.4) is 0 Å². The van der Waals surface area contributed by atoms with Gasteiger partial charge in [0.05, 0.1) is 22.1 Å². The molecule has 0 saturated heterocycles. The zero-order valence-corrected chi connectivity index (χ0v) is 25.2. The summed E-state index contributed by atoms with van der Waals surface area (Å²) < 4.78 is 10.3. The lowest BCUT2D eigenvalue weighted by atomic mass is 9.95.